The molecule has 0 aliphatic rings. The molecule has 0 amide bonds. The average molecular weight is 367 g/mol. The molecule has 0 saturated heterocycles. The molecule has 2 rings (SSSR count). The monoisotopic (exact) mass is 366 g/mol. The van der Waals surface area contributed by atoms with Crippen molar-refractivity contribution >= 4 is 11.8 Å². The maximum absolute atomic E-state index is 12.6. The first kappa shape index (κ1) is 20.9. The number of benzene rings is 2. The second-order valence-electron chi connectivity index (χ2n) is 7.93. The van der Waals surface area contributed by atoms with Crippen molar-refractivity contribution in [3.8, 4) is 11.1 Å². The Bertz CT molecular complexity index is 739. The van der Waals surface area contributed by atoms with Gasteiger partial charge in [-0.3, -0.25) is 9.59 Å². The fraction of sp³-hybridized carbons (Fsp3) is 0.417. The molecule has 3 heteroatoms. The molecular weight excluding hydrogens is 336 g/mol. The van der Waals surface area contributed by atoms with Crippen LogP contribution < -0.4 is 0 Å². The van der Waals surface area contributed by atoms with Gasteiger partial charge < -0.3 is 4.74 Å². The topological polar surface area (TPSA) is 43.4 Å². The quantitative estimate of drug-likeness (QED) is 0.556. The van der Waals surface area contributed by atoms with Gasteiger partial charge in [0.25, 0.3) is 0 Å². The highest BCUT2D eigenvalue weighted by atomic mass is 16.5. The van der Waals surface area contributed by atoms with Crippen molar-refractivity contribution in [2.75, 3.05) is 6.61 Å². The largest absolute Gasteiger partial charge is 0.465 e. The van der Waals surface area contributed by atoms with E-state index < -0.39 is 5.41 Å². The molecule has 2 aromatic carbocycles. The molecular formula is C24H30O3. The van der Waals surface area contributed by atoms with Gasteiger partial charge in [0.15, 0.2) is 0 Å². The lowest BCUT2D eigenvalue weighted by Crippen LogP contribution is -2.24. The molecule has 27 heavy (non-hydrogen) atoms. The summed E-state index contributed by atoms with van der Waals surface area (Å²) in [5.41, 5.74) is 2.74. The molecule has 0 saturated carbocycles. The average Bonchev–Trinajstić information content (AvgIpc) is 2.65. The van der Waals surface area contributed by atoms with E-state index in [4.69, 9.17) is 4.74 Å². The first-order valence-corrected chi connectivity index (χ1v) is 9.68. The molecule has 0 spiro atoms. The minimum Gasteiger partial charge on any atom is -0.465 e. The van der Waals surface area contributed by atoms with Crippen LogP contribution in [0.15, 0.2) is 54.6 Å². The number of Topliss-reactive ketones (excluding diaryl/α,β-unsaturated/α-hetero) is 1. The Labute approximate surface area is 162 Å². The lowest BCUT2D eigenvalue weighted by molar-refractivity contribution is -0.153. The van der Waals surface area contributed by atoms with Crippen LogP contribution in [-0.2, 0) is 14.3 Å². The summed E-state index contributed by atoms with van der Waals surface area (Å²) in [5, 5.41) is 0. The van der Waals surface area contributed by atoms with E-state index >= 15 is 0 Å². The van der Waals surface area contributed by atoms with Gasteiger partial charge in [-0.05, 0) is 50.3 Å². The summed E-state index contributed by atoms with van der Waals surface area (Å²) >= 11 is 0. The van der Waals surface area contributed by atoms with E-state index in [2.05, 4.69) is 24.3 Å². The van der Waals surface area contributed by atoms with Crippen molar-refractivity contribution < 1.29 is 14.3 Å². The van der Waals surface area contributed by atoms with Crippen molar-refractivity contribution in [3.05, 3.63) is 60.2 Å². The zero-order valence-corrected chi connectivity index (χ0v) is 16.8. The summed E-state index contributed by atoms with van der Waals surface area (Å²) in [6, 6.07) is 18.3. The minimum absolute atomic E-state index is 0.205. The highest BCUT2D eigenvalue weighted by Crippen LogP contribution is 2.27. The third-order valence-electron chi connectivity index (χ3n) is 4.56. The maximum atomic E-state index is 12.6. The fourth-order valence-corrected chi connectivity index (χ4v) is 2.96. The van der Waals surface area contributed by atoms with Gasteiger partial charge in [0.05, 0.1) is 12.0 Å². The molecule has 0 heterocycles. The highest BCUT2D eigenvalue weighted by Gasteiger charge is 2.25. The Kier molecular flexibility index (Phi) is 7.35. The number of rotatable bonds is 8. The molecule has 0 aromatic heterocycles. The van der Waals surface area contributed by atoms with Gasteiger partial charge in [0.1, 0.15) is 5.78 Å². The summed E-state index contributed by atoms with van der Waals surface area (Å²) < 4.78 is 5.39. The molecule has 1 atom stereocenters. The van der Waals surface area contributed by atoms with Gasteiger partial charge in [-0.2, -0.15) is 0 Å². The first-order valence-electron chi connectivity index (χ1n) is 9.68. The summed E-state index contributed by atoms with van der Waals surface area (Å²) in [6.07, 6.45) is 1.88. The number of esters is 1. The predicted molar refractivity (Wildman–Crippen MR) is 110 cm³/mol. The number of hydrogen-bond acceptors (Lipinski definition) is 3. The molecule has 0 radical (unpaired) electrons. The number of carbonyl (C=O) groups is 2. The van der Waals surface area contributed by atoms with E-state index in [9.17, 15) is 9.59 Å². The van der Waals surface area contributed by atoms with E-state index in [0.717, 1.165) is 23.1 Å². The molecule has 0 unspecified atom stereocenters. The Morgan fingerprint density at radius 1 is 0.926 bits per heavy atom. The Morgan fingerprint density at radius 2 is 1.52 bits per heavy atom. The van der Waals surface area contributed by atoms with Crippen LogP contribution in [0.1, 0.15) is 58.4 Å². The SMILES string of the molecule is CCCC(=O)[C@@H](CCOC(=O)C(C)(C)C)c1ccc(-c2ccccc2)cc1. The van der Waals surface area contributed by atoms with Crippen molar-refractivity contribution in [2.24, 2.45) is 5.41 Å². The molecule has 0 fully saturated rings. The molecule has 2 aromatic rings. The summed E-state index contributed by atoms with van der Waals surface area (Å²) in [7, 11) is 0. The standard InChI is InChI=1S/C24H30O3/c1-5-9-22(25)21(16-17-27-23(26)24(2,3)4)20-14-12-19(13-15-20)18-10-7-6-8-11-18/h6-8,10-15,21H,5,9,16-17H2,1-4H3/t21-/m0/s1. The van der Waals surface area contributed by atoms with Gasteiger partial charge in [0, 0.05) is 12.3 Å². The number of ketones is 1. The van der Waals surface area contributed by atoms with Crippen LogP contribution >= 0.6 is 0 Å². The van der Waals surface area contributed by atoms with Crippen LogP contribution in [0, 0.1) is 5.41 Å². The van der Waals surface area contributed by atoms with E-state index in [1.54, 1.807) is 0 Å². The predicted octanol–water partition coefficient (Wildman–Crippen LogP) is 5.79. The lowest BCUT2D eigenvalue weighted by atomic mass is 9.88. The van der Waals surface area contributed by atoms with E-state index in [1.807, 2.05) is 58.0 Å². The summed E-state index contributed by atoms with van der Waals surface area (Å²) in [4.78, 5) is 24.6. The molecule has 0 N–H and O–H groups in total. The van der Waals surface area contributed by atoms with Gasteiger partial charge >= 0.3 is 5.97 Å². The fourth-order valence-electron chi connectivity index (χ4n) is 2.96. The van der Waals surface area contributed by atoms with Crippen molar-refractivity contribution in [2.45, 2.75) is 52.9 Å². The van der Waals surface area contributed by atoms with Crippen LogP contribution in [0.25, 0.3) is 11.1 Å². The van der Waals surface area contributed by atoms with E-state index in [-0.39, 0.29) is 24.3 Å². The van der Waals surface area contributed by atoms with Crippen LogP contribution in [-0.4, -0.2) is 18.4 Å². The molecule has 144 valence electrons. The molecule has 0 bridgehead atoms. The van der Waals surface area contributed by atoms with Gasteiger partial charge in [0.2, 0.25) is 0 Å². The second-order valence-corrected chi connectivity index (χ2v) is 7.93. The minimum atomic E-state index is -0.528. The number of carbonyl (C=O) groups excluding carboxylic acids is 2. The zero-order valence-electron chi connectivity index (χ0n) is 16.8. The van der Waals surface area contributed by atoms with Gasteiger partial charge in [-0.25, -0.2) is 0 Å². The Hall–Kier alpha value is -2.42. The second kappa shape index (κ2) is 9.50. The third-order valence-corrected chi connectivity index (χ3v) is 4.56. The summed E-state index contributed by atoms with van der Waals surface area (Å²) in [5.74, 6) is -0.261. The van der Waals surface area contributed by atoms with Crippen LogP contribution in [0.4, 0.5) is 0 Å². The molecule has 0 aliphatic heterocycles. The van der Waals surface area contributed by atoms with Gasteiger partial charge in [-0.1, -0.05) is 61.5 Å². The van der Waals surface area contributed by atoms with Crippen molar-refractivity contribution in [3.63, 3.8) is 0 Å². The first-order chi connectivity index (χ1) is 12.8. The Balaban J connectivity index is 2.11. The van der Waals surface area contributed by atoms with E-state index in [1.165, 1.54) is 0 Å². The molecule has 3 nitrogen and oxygen atoms in total. The Morgan fingerprint density at radius 3 is 2.07 bits per heavy atom. The maximum Gasteiger partial charge on any atom is 0.311 e. The number of hydrogen-bond donors (Lipinski definition) is 0. The van der Waals surface area contributed by atoms with Crippen LogP contribution in [0.5, 0.6) is 0 Å². The van der Waals surface area contributed by atoms with Crippen molar-refractivity contribution in [1.82, 2.24) is 0 Å². The zero-order chi connectivity index (χ0) is 19.9. The van der Waals surface area contributed by atoms with Gasteiger partial charge in [-0.15, -0.1) is 0 Å². The lowest BCUT2D eigenvalue weighted by Gasteiger charge is -2.20. The third kappa shape index (κ3) is 6.06. The smallest absolute Gasteiger partial charge is 0.311 e. The summed E-state index contributed by atoms with van der Waals surface area (Å²) in [6.45, 7) is 7.76. The number of ether oxygens (including phenoxy) is 1. The normalized spacial score (nSPS) is 12.4. The van der Waals surface area contributed by atoms with Crippen LogP contribution in [0.3, 0.4) is 0 Å². The van der Waals surface area contributed by atoms with Crippen molar-refractivity contribution in [1.29, 1.82) is 0 Å². The van der Waals surface area contributed by atoms with E-state index in [0.29, 0.717) is 12.8 Å². The molecule has 0 aliphatic carbocycles. The highest BCUT2D eigenvalue weighted by molar-refractivity contribution is 5.86. The van der Waals surface area contributed by atoms with Crippen LogP contribution in [0.2, 0.25) is 0 Å².